The summed E-state index contributed by atoms with van der Waals surface area (Å²) in [6.07, 6.45) is 2.00. The van der Waals surface area contributed by atoms with Crippen LogP contribution >= 0.6 is 11.6 Å². The minimum absolute atomic E-state index is 0.137. The summed E-state index contributed by atoms with van der Waals surface area (Å²) in [4.78, 5) is 0. The Morgan fingerprint density at radius 2 is 1.83 bits per heavy atom. The molecule has 2 rings (SSSR count). The van der Waals surface area contributed by atoms with Crippen molar-refractivity contribution in [3.05, 3.63) is 36.2 Å². The number of alkyl halides is 1. The fourth-order valence-electron chi connectivity index (χ4n) is 1.53. The molecule has 1 heterocycles. The molecule has 18 heavy (non-hydrogen) atoms. The maximum absolute atomic E-state index is 5.95. The molecule has 0 spiro atoms. The number of ether oxygens (including phenoxy) is 1. The van der Waals surface area contributed by atoms with E-state index in [9.17, 15) is 0 Å². The number of benzene rings is 1. The van der Waals surface area contributed by atoms with Crippen molar-refractivity contribution >= 4 is 11.6 Å². The fourth-order valence-corrected chi connectivity index (χ4v) is 1.63. The van der Waals surface area contributed by atoms with Gasteiger partial charge in [0.1, 0.15) is 11.4 Å². The van der Waals surface area contributed by atoms with Gasteiger partial charge in [0.25, 0.3) is 0 Å². The second-order valence-electron chi connectivity index (χ2n) is 4.36. The fraction of sp³-hybridized carbons (Fsp3) is 0.385. The summed E-state index contributed by atoms with van der Waals surface area (Å²) in [5.41, 5.74) is 1.70. The van der Waals surface area contributed by atoms with Crippen LogP contribution in [0.4, 0.5) is 0 Å². The topological polar surface area (TPSA) is 39.9 Å². The van der Waals surface area contributed by atoms with Crippen molar-refractivity contribution < 1.29 is 4.74 Å². The van der Waals surface area contributed by atoms with Crippen molar-refractivity contribution in [1.29, 1.82) is 0 Å². The Hall–Kier alpha value is -1.55. The van der Waals surface area contributed by atoms with Gasteiger partial charge >= 0.3 is 0 Å². The highest BCUT2D eigenvalue weighted by Gasteiger charge is 2.07. The Labute approximate surface area is 112 Å². The maximum Gasteiger partial charge on any atom is 0.119 e. The lowest BCUT2D eigenvalue weighted by atomic mass is 10.3. The van der Waals surface area contributed by atoms with Crippen LogP contribution in [0.15, 0.2) is 30.5 Å². The Morgan fingerprint density at radius 3 is 2.33 bits per heavy atom. The Morgan fingerprint density at radius 1 is 1.17 bits per heavy atom. The minimum Gasteiger partial charge on any atom is -0.491 e. The highest BCUT2D eigenvalue weighted by atomic mass is 35.5. The third-order valence-electron chi connectivity index (χ3n) is 2.39. The first-order chi connectivity index (χ1) is 8.56. The molecule has 0 saturated carbocycles. The predicted octanol–water partition coefficient (Wildman–Crippen LogP) is 3.35. The molecule has 0 aliphatic heterocycles. The summed E-state index contributed by atoms with van der Waals surface area (Å²) in [5.74, 6) is 0.847. The summed E-state index contributed by atoms with van der Waals surface area (Å²) in [5, 5.41) is 7.92. The van der Waals surface area contributed by atoms with Gasteiger partial charge in [-0.25, -0.2) is 4.68 Å². The van der Waals surface area contributed by atoms with Crippen LogP contribution in [0.1, 0.15) is 31.8 Å². The van der Waals surface area contributed by atoms with E-state index >= 15 is 0 Å². The van der Waals surface area contributed by atoms with Gasteiger partial charge in [0.05, 0.1) is 23.4 Å². The van der Waals surface area contributed by atoms with E-state index in [-0.39, 0.29) is 11.5 Å². The lowest BCUT2D eigenvalue weighted by Crippen LogP contribution is -2.05. The van der Waals surface area contributed by atoms with Crippen molar-refractivity contribution in [2.24, 2.45) is 0 Å². The lowest BCUT2D eigenvalue weighted by molar-refractivity contribution is 0.242. The van der Waals surface area contributed by atoms with Crippen LogP contribution in [0.5, 0.6) is 5.75 Å². The molecule has 4 nitrogen and oxygen atoms in total. The van der Waals surface area contributed by atoms with Crippen molar-refractivity contribution in [3.63, 3.8) is 0 Å². The summed E-state index contributed by atoms with van der Waals surface area (Å²) in [6, 6.07) is 7.71. The monoisotopic (exact) mass is 265 g/mol. The van der Waals surface area contributed by atoms with Crippen LogP contribution in [-0.2, 0) is 0 Å². The number of nitrogens with zero attached hydrogens (tertiary/aromatic N) is 3. The molecular formula is C13H16ClN3O. The molecule has 2 aromatic rings. The predicted molar refractivity (Wildman–Crippen MR) is 71.4 cm³/mol. The van der Waals surface area contributed by atoms with E-state index in [1.54, 1.807) is 4.68 Å². The standard InChI is InChI=1S/C13H16ClN3O/c1-9(2)18-12-6-4-11(5-7-12)17-8-13(10(3)14)15-16-17/h4-10H,1-3H3. The van der Waals surface area contributed by atoms with Crippen LogP contribution < -0.4 is 4.74 Å². The molecule has 0 bridgehead atoms. The molecule has 96 valence electrons. The normalized spacial score (nSPS) is 12.7. The number of aromatic nitrogens is 3. The molecule has 1 atom stereocenters. The first kappa shape index (κ1) is 12.9. The van der Waals surface area contributed by atoms with Gasteiger partial charge in [-0.05, 0) is 45.0 Å². The molecule has 0 radical (unpaired) electrons. The van der Waals surface area contributed by atoms with Crippen LogP contribution in [0.2, 0.25) is 0 Å². The smallest absolute Gasteiger partial charge is 0.119 e. The number of halogens is 1. The molecular weight excluding hydrogens is 250 g/mol. The molecule has 0 fully saturated rings. The molecule has 1 unspecified atom stereocenters. The molecule has 0 amide bonds. The van der Waals surface area contributed by atoms with Gasteiger partial charge in [0.2, 0.25) is 0 Å². The number of hydrogen-bond acceptors (Lipinski definition) is 3. The van der Waals surface area contributed by atoms with E-state index in [1.807, 2.05) is 51.2 Å². The minimum atomic E-state index is -0.137. The zero-order valence-corrected chi connectivity index (χ0v) is 11.4. The first-order valence-corrected chi connectivity index (χ1v) is 6.33. The quantitative estimate of drug-likeness (QED) is 0.796. The Balaban J connectivity index is 2.17. The third-order valence-corrected chi connectivity index (χ3v) is 2.62. The van der Waals surface area contributed by atoms with Gasteiger partial charge in [0.15, 0.2) is 0 Å². The lowest BCUT2D eigenvalue weighted by Gasteiger charge is -2.09. The summed E-state index contributed by atoms with van der Waals surface area (Å²) < 4.78 is 7.28. The van der Waals surface area contributed by atoms with Crippen LogP contribution in [0, 0.1) is 0 Å². The first-order valence-electron chi connectivity index (χ1n) is 5.89. The summed E-state index contributed by atoms with van der Waals surface area (Å²) >= 11 is 5.95. The van der Waals surface area contributed by atoms with Crippen molar-refractivity contribution in [3.8, 4) is 11.4 Å². The second kappa shape index (κ2) is 5.40. The molecule has 1 aromatic carbocycles. The molecule has 0 aliphatic rings. The molecule has 1 aromatic heterocycles. The molecule has 0 saturated heterocycles. The molecule has 5 heteroatoms. The number of hydrogen-bond donors (Lipinski definition) is 0. The number of rotatable bonds is 4. The largest absolute Gasteiger partial charge is 0.491 e. The SMILES string of the molecule is CC(C)Oc1ccc(-n2cc(C(C)Cl)nn2)cc1. The van der Waals surface area contributed by atoms with E-state index in [2.05, 4.69) is 10.3 Å². The van der Waals surface area contributed by atoms with Crippen molar-refractivity contribution in [2.75, 3.05) is 0 Å². The van der Waals surface area contributed by atoms with Crippen LogP contribution in [0.3, 0.4) is 0 Å². The van der Waals surface area contributed by atoms with Gasteiger partial charge in [-0.15, -0.1) is 16.7 Å². The van der Waals surface area contributed by atoms with Gasteiger partial charge in [0, 0.05) is 0 Å². The Kier molecular flexibility index (Phi) is 3.87. The average molecular weight is 266 g/mol. The highest BCUT2D eigenvalue weighted by Crippen LogP contribution is 2.19. The zero-order chi connectivity index (χ0) is 13.1. The third kappa shape index (κ3) is 3.01. The Bertz CT molecular complexity index is 505. The van der Waals surface area contributed by atoms with Crippen molar-refractivity contribution in [2.45, 2.75) is 32.3 Å². The van der Waals surface area contributed by atoms with Crippen LogP contribution in [-0.4, -0.2) is 21.1 Å². The van der Waals surface area contributed by atoms with Gasteiger partial charge < -0.3 is 4.74 Å². The second-order valence-corrected chi connectivity index (χ2v) is 5.02. The van der Waals surface area contributed by atoms with Crippen molar-refractivity contribution in [1.82, 2.24) is 15.0 Å². The van der Waals surface area contributed by atoms with Gasteiger partial charge in [-0.1, -0.05) is 5.21 Å². The maximum atomic E-state index is 5.95. The summed E-state index contributed by atoms with van der Waals surface area (Å²) in [7, 11) is 0. The van der Waals surface area contributed by atoms with E-state index in [0.29, 0.717) is 0 Å². The van der Waals surface area contributed by atoms with E-state index in [0.717, 1.165) is 17.1 Å². The molecule has 0 N–H and O–H groups in total. The van der Waals surface area contributed by atoms with E-state index < -0.39 is 0 Å². The zero-order valence-electron chi connectivity index (χ0n) is 10.7. The van der Waals surface area contributed by atoms with Gasteiger partial charge in [-0.3, -0.25) is 0 Å². The summed E-state index contributed by atoms with van der Waals surface area (Å²) in [6.45, 7) is 5.87. The average Bonchev–Trinajstić information content (AvgIpc) is 2.78. The van der Waals surface area contributed by atoms with E-state index in [4.69, 9.17) is 16.3 Å². The van der Waals surface area contributed by atoms with Gasteiger partial charge in [-0.2, -0.15) is 0 Å². The van der Waals surface area contributed by atoms with Crippen LogP contribution in [0.25, 0.3) is 5.69 Å². The highest BCUT2D eigenvalue weighted by molar-refractivity contribution is 6.20. The molecule has 0 aliphatic carbocycles. The van der Waals surface area contributed by atoms with E-state index in [1.165, 1.54) is 0 Å².